The van der Waals surface area contributed by atoms with Gasteiger partial charge in [0.15, 0.2) is 0 Å². The Morgan fingerprint density at radius 3 is 1.28 bits per heavy atom. The highest BCUT2D eigenvalue weighted by Gasteiger charge is 2.44. The molecular weight excluding hydrogens is 750 g/mol. The van der Waals surface area contributed by atoms with Gasteiger partial charge in [0, 0.05) is 37.8 Å². The second kappa shape index (κ2) is 12.5. The normalized spacial score (nSPS) is 13.6. The molecule has 4 heterocycles. The molecule has 0 saturated carbocycles. The highest BCUT2D eigenvalue weighted by molar-refractivity contribution is 8.00. The molecule has 8 heteroatoms. The Hall–Kier alpha value is -6.47. The zero-order chi connectivity index (χ0) is 37.9. The molecule has 270 valence electrons. The average Bonchev–Trinajstić information content (AvgIpc) is 3.25. The highest BCUT2D eigenvalue weighted by atomic mass is 32.2. The molecule has 0 amide bonds. The zero-order valence-corrected chi connectivity index (χ0v) is 32.4. The maximum atomic E-state index is 6.95. The van der Waals surface area contributed by atoms with Crippen LogP contribution in [0.25, 0.3) is 21.5 Å². The van der Waals surface area contributed by atoms with E-state index in [1.54, 1.807) is 23.5 Å². The summed E-state index contributed by atoms with van der Waals surface area (Å²) in [7, 11) is 0. The fourth-order valence-electron chi connectivity index (χ4n) is 9.19. The highest BCUT2D eigenvalue weighted by Crippen LogP contribution is 2.44. The fraction of sp³-hybridized carbons (Fsp3) is 0. The minimum Gasteiger partial charge on any atom is -0.458 e. The van der Waals surface area contributed by atoms with Crippen LogP contribution in [0.1, 0.15) is 0 Å². The van der Waals surface area contributed by atoms with E-state index in [0.717, 1.165) is 77.5 Å². The third-order valence-electron chi connectivity index (χ3n) is 11.7. The van der Waals surface area contributed by atoms with E-state index in [4.69, 9.17) is 18.9 Å². The molecule has 0 fully saturated rings. The summed E-state index contributed by atoms with van der Waals surface area (Å²) in [6.07, 6.45) is 0. The Morgan fingerprint density at radius 2 is 0.776 bits per heavy atom. The van der Waals surface area contributed by atoms with Crippen molar-refractivity contribution < 1.29 is 18.9 Å². The Morgan fingerprint density at radius 1 is 0.328 bits per heavy atom. The molecule has 0 aliphatic carbocycles. The summed E-state index contributed by atoms with van der Waals surface area (Å²) in [6.45, 7) is -0.0314. The molecular formula is C50H28B2O4S2. The van der Waals surface area contributed by atoms with Crippen molar-refractivity contribution in [3.63, 3.8) is 0 Å². The largest absolute Gasteiger partial charge is 0.458 e. The predicted octanol–water partition coefficient (Wildman–Crippen LogP) is 9.75. The van der Waals surface area contributed by atoms with Gasteiger partial charge in [-0.3, -0.25) is 0 Å². The van der Waals surface area contributed by atoms with Crippen LogP contribution in [0.2, 0.25) is 0 Å². The first-order valence-electron chi connectivity index (χ1n) is 19.4. The molecule has 4 aliphatic heterocycles. The van der Waals surface area contributed by atoms with Crippen LogP contribution < -0.4 is 51.7 Å². The number of fused-ring (bicyclic) bond motifs is 10. The summed E-state index contributed by atoms with van der Waals surface area (Å²) in [5.74, 6) is 6.24. The lowest BCUT2D eigenvalue weighted by Crippen LogP contribution is -2.61. The molecule has 0 N–H and O–H groups in total. The molecule has 4 aliphatic rings. The second-order valence-electron chi connectivity index (χ2n) is 15.2. The van der Waals surface area contributed by atoms with E-state index >= 15 is 0 Å². The Kier molecular flexibility index (Phi) is 7.03. The molecule has 0 radical (unpaired) electrons. The third-order valence-corrected chi connectivity index (χ3v) is 14.0. The molecule has 58 heavy (non-hydrogen) atoms. The molecule has 9 aromatic rings. The standard InChI is InChI=1S/C50H28B2O4S2/c1-3-11-31-21-33(19-17-29(31)9-1)53-35-23-43-49-47(25-35)57-45-15-7-5-13-37(45)51(49)39-27-40-42(28-41(39)55-43)56-44-24-36(54-34-20-18-30-10-2-4-12-32(30)22-34)26-48-50(44)52(40)38-14-6-8-16-46(38)58-48/h1-28H. The van der Waals surface area contributed by atoms with E-state index < -0.39 is 0 Å². The topological polar surface area (TPSA) is 36.9 Å². The average molecular weight is 779 g/mol. The van der Waals surface area contributed by atoms with Crippen molar-refractivity contribution in [3.05, 3.63) is 170 Å². The quantitative estimate of drug-likeness (QED) is 0.166. The molecule has 0 bridgehead atoms. The van der Waals surface area contributed by atoms with Gasteiger partial charge in [0.05, 0.1) is 0 Å². The Bertz CT molecular complexity index is 3030. The van der Waals surface area contributed by atoms with Crippen molar-refractivity contribution in [2.75, 3.05) is 0 Å². The van der Waals surface area contributed by atoms with Crippen LogP contribution in [0.3, 0.4) is 0 Å². The van der Waals surface area contributed by atoms with Crippen LogP contribution in [0.4, 0.5) is 0 Å². The summed E-state index contributed by atoms with van der Waals surface area (Å²) in [5.41, 5.74) is 7.20. The van der Waals surface area contributed by atoms with Crippen LogP contribution in [0.15, 0.2) is 189 Å². The number of benzene rings is 9. The summed E-state index contributed by atoms with van der Waals surface area (Å²) in [5, 5.41) is 4.63. The summed E-state index contributed by atoms with van der Waals surface area (Å²) >= 11 is 3.56. The van der Waals surface area contributed by atoms with Crippen LogP contribution in [0.5, 0.6) is 46.0 Å². The van der Waals surface area contributed by atoms with Crippen LogP contribution in [-0.4, -0.2) is 13.4 Å². The summed E-state index contributed by atoms with van der Waals surface area (Å²) in [6, 6.07) is 59.6. The second-order valence-corrected chi connectivity index (χ2v) is 17.3. The first-order valence-corrected chi connectivity index (χ1v) is 21.1. The Labute approximate surface area is 343 Å². The van der Waals surface area contributed by atoms with Gasteiger partial charge in [-0.2, -0.15) is 0 Å². The minimum absolute atomic E-state index is 0.0157. The van der Waals surface area contributed by atoms with E-state index in [1.807, 2.05) is 24.3 Å². The van der Waals surface area contributed by atoms with Crippen molar-refractivity contribution >= 4 is 91.3 Å². The van der Waals surface area contributed by atoms with E-state index in [1.165, 1.54) is 42.4 Å². The van der Waals surface area contributed by atoms with Crippen molar-refractivity contribution in [2.45, 2.75) is 19.6 Å². The van der Waals surface area contributed by atoms with Crippen molar-refractivity contribution in [3.8, 4) is 46.0 Å². The van der Waals surface area contributed by atoms with E-state index in [2.05, 4.69) is 146 Å². The maximum absolute atomic E-state index is 6.95. The zero-order valence-electron chi connectivity index (χ0n) is 30.8. The van der Waals surface area contributed by atoms with Crippen molar-refractivity contribution in [1.29, 1.82) is 0 Å². The van der Waals surface area contributed by atoms with Crippen molar-refractivity contribution in [1.82, 2.24) is 0 Å². The lowest BCUT2D eigenvalue weighted by molar-refractivity contribution is 0.449. The molecule has 0 atom stereocenters. The smallest absolute Gasteiger partial charge is 0.253 e. The molecule has 0 unspecified atom stereocenters. The van der Waals surface area contributed by atoms with Gasteiger partial charge in [0.2, 0.25) is 0 Å². The van der Waals surface area contributed by atoms with E-state index in [9.17, 15) is 0 Å². The SMILES string of the molecule is c1ccc2c(c1)Sc1cc(Oc3ccc4ccccc4c3)cc3c1B2c1cc2c(cc1O3)Oc1cc(Oc3ccc4ccccc4c3)cc3c1B2c1ccccc1S3. The van der Waals surface area contributed by atoms with Crippen molar-refractivity contribution in [2.24, 2.45) is 0 Å². The van der Waals surface area contributed by atoms with Gasteiger partial charge in [-0.05, 0) is 91.9 Å². The van der Waals surface area contributed by atoms with Gasteiger partial charge >= 0.3 is 0 Å². The fourth-order valence-corrected chi connectivity index (χ4v) is 11.6. The van der Waals surface area contributed by atoms with Crippen LogP contribution in [0, 0.1) is 0 Å². The Balaban J connectivity index is 0.940. The summed E-state index contributed by atoms with van der Waals surface area (Å²) in [4.78, 5) is 4.76. The summed E-state index contributed by atoms with van der Waals surface area (Å²) < 4.78 is 27.1. The third kappa shape index (κ3) is 5.08. The molecule has 0 saturated heterocycles. The lowest BCUT2D eigenvalue weighted by Gasteiger charge is -2.36. The maximum Gasteiger partial charge on any atom is 0.253 e. The first-order chi connectivity index (χ1) is 28.7. The van der Waals surface area contributed by atoms with Gasteiger partial charge in [-0.25, -0.2) is 0 Å². The first kappa shape index (κ1) is 32.6. The van der Waals surface area contributed by atoms with Gasteiger partial charge in [0.25, 0.3) is 13.4 Å². The molecule has 0 spiro atoms. The number of ether oxygens (including phenoxy) is 4. The van der Waals surface area contributed by atoms with Gasteiger partial charge in [0.1, 0.15) is 46.0 Å². The molecule has 4 nitrogen and oxygen atoms in total. The van der Waals surface area contributed by atoms with Gasteiger partial charge < -0.3 is 18.9 Å². The van der Waals surface area contributed by atoms with E-state index in [0.29, 0.717) is 0 Å². The predicted molar refractivity (Wildman–Crippen MR) is 238 cm³/mol. The number of rotatable bonds is 4. The van der Waals surface area contributed by atoms with E-state index in [-0.39, 0.29) is 13.4 Å². The monoisotopic (exact) mass is 778 g/mol. The minimum atomic E-state index is -0.0157. The van der Waals surface area contributed by atoms with Crippen LogP contribution >= 0.6 is 23.5 Å². The number of hydrogen-bond donors (Lipinski definition) is 0. The molecule has 9 aromatic carbocycles. The van der Waals surface area contributed by atoms with Gasteiger partial charge in [-0.1, -0.05) is 138 Å². The molecule has 13 rings (SSSR count). The number of hydrogen-bond acceptors (Lipinski definition) is 6. The lowest BCUT2D eigenvalue weighted by atomic mass is 9.32. The molecule has 0 aromatic heterocycles. The van der Waals surface area contributed by atoms with Gasteiger partial charge in [-0.15, -0.1) is 0 Å². The van der Waals surface area contributed by atoms with Crippen LogP contribution in [-0.2, 0) is 0 Å².